The Kier molecular flexibility index (Phi) is 5.84. The molecule has 1 N–H and O–H groups in total. The molecular weight excluding hydrogens is 434 g/mol. The maximum Gasteiger partial charge on any atom is 0.124 e. The van der Waals surface area contributed by atoms with Crippen LogP contribution >= 0.6 is 27.5 Å². The standard InChI is InChI=1S/C24H19BrClNO/c25-20-11-12-24(28-16-17-5-3-8-21(26)13-17)19(14-20)15-27-23-10-4-7-18-6-1-2-9-22(18)23/h1-14,27H,15-16H2. The molecule has 0 aliphatic heterocycles. The van der Waals surface area contributed by atoms with Gasteiger partial charge in [0.25, 0.3) is 0 Å². The van der Waals surface area contributed by atoms with Crippen LogP contribution in [0.2, 0.25) is 5.02 Å². The fourth-order valence-electron chi connectivity index (χ4n) is 3.18. The highest BCUT2D eigenvalue weighted by Crippen LogP contribution is 2.28. The van der Waals surface area contributed by atoms with Crippen molar-refractivity contribution in [3.63, 3.8) is 0 Å². The van der Waals surface area contributed by atoms with Crippen molar-refractivity contribution in [2.75, 3.05) is 5.32 Å². The summed E-state index contributed by atoms with van der Waals surface area (Å²) in [5.74, 6) is 0.857. The van der Waals surface area contributed by atoms with E-state index in [2.05, 4.69) is 69.8 Å². The van der Waals surface area contributed by atoms with Crippen molar-refractivity contribution in [2.45, 2.75) is 13.2 Å². The normalized spacial score (nSPS) is 10.8. The van der Waals surface area contributed by atoms with Crippen molar-refractivity contribution in [3.05, 3.63) is 106 Å². The number of hydrogen-bond acceptors (Lipinski definition) is 2. The lowest BCUT2D eigenvalue weighted by molar-refractivity contribution is 0.303. The number of nitrogens with one attached hydrogen (secondary N) is 1. The second kappa shape index (κ2) is 8.68. The fraction of sp³-hybridized carbons (Fsp3) is 0.0833. The van der Waals surface area contributed by atoms with Crippen LogP contribution in [0.3, 0.4) is 0 Å². The molecule has 0 radical (unpaired) electrons. The molecule has 0 saturated carbocycles. The number of benzene rings is 4. The van der Waals surface area contributed by atoms with E-state index < -0.39 is 0 Å². The molecule has 4 aromatic rings. The Bertz CT molecular complexity index is 1110. The van der Waals surface area contributed by atoms with Gasteiger partial charge in [-0.1, -0.05) is 76.1 Å². The Morgan fingerprint density at radius 3 is 2.57 bits per heavy atom. The van der Waals surface area contributed by atoms with Crippen LogP contribution < -0.4 is 10.1 Å². The zero-order valence-electron chi connectivity index (χ0n) is 15.2. The van der Waals surface area contributed by atoms with Gasteiger partial charge in [0.1, 0.15) is 12.4 Å². The molecule has 0 saturated heterocycles. The Balaban J connectivity index is 1.53. The average molecular weight is 453 g/mol. The van der Waals surface area contributed by atoms with Gasteiger partial charge in [-0.2, -0.15) is 0 Å². The third kappa shape index (κ3) is 4.49. The highest BCUT2D eigenvalue weighted by molar-refractivity contribution is 9.10. The van der Waals surface area contributed by atoms with E-state index in [-0.39, 0.29) is 0 Å². The monoisotopic (exact) mass is 451 g/mol. The van der Waals surface area contributed by atoms with Gasteiger partial charge in [-0.05, 0) is 47.3 Å². The summed E-state index contributed by atoms with van der Waals surface area (Å²) in [7, 11) is 0. The summed E-state index contributed by atoms with van der Waals surface area (Å²) < 4.78 is 7.11. The van der Waals surface area contributed by atoms with Crippen molar-refractivity contribution >= 4 is 44.0 Å². The zero-order valence-corrected chi connectivity index (χ0v) is 17.5. The minimum absolute atomic E-state index is 0.476. The fourth-order valence-corrected chi connectivity index (χ4v) is 3.81. The Hall–Kier alpha value is -2.49. The molecule has 0 atom stereocenters. The van der Waals surface area contributed by atoms with E-state index in [0.717, 1.165) is 32.1 Å². The topological polar surface area (TPSA) is 21.3 Å². The van der Waals surface area contributed by atoms with Gasteiger partial charge in [-0.25, -0.2) is 0 Å². The van der Waals surface area contributed by atoms with Gasteiger partial charge in [-0.15, -0.1) is 0 Å². The molecule has 0 amide bonds. The molecular formula is C24H19BrClNO. The third-order valence-corrected chi connectivity index (χ3v) is 5.29. The van der Waals surface area contributed by atoms with E-state index in [1.807, 2.05) is 36.4 Å². The second-order valence-electron chi connectivity index (χ2n) is 6.55. The van der Waals surface area contributed by atoms with Crippen LogP contribution in [-0.2, 0) is 13.2 Å². The number of halogens is 2. The van der Waals surface area contributed by atoms with Gasteiger partial charge in [0.15, 0.2) is 0 Å². The van der Waals surface area contributed by atoms with E-state index in [1.165, 1.54) is 10.8 Å². The van der Waals surface area contributed by atoms with E-state index in [4.69, 9.17) is 16.3 Å². The van der Waals surface area contributed by atoms with Gasteiger partial charge in [-0.3, -0.25) is 0 Å². The lowest BCUT2D eigenvalue weighted by Crippen LogP contribution is -2.04. The summed E-state index contributed by atoms with van der Waals surface area (Å²) in [4.78, 5) is 0. The van der Waals surface area contributed by atoms with Crippen LogP contribution in [-0.4, -0.2) is 0 Å². The van der Waals surface area contributed by atoms with Crippen molar-refractivity contribution in [3.8, 4) is 5.75 Å². The lowest BCUT2D eigenvalue weighted by atomic mass is 10.1. The van der Waals surface area contributed by atoms with Crippen molar-refractivity contribution < 1.29 is 4.74 Å². The Morgan fingerprint density at radius 2 is 1.68 bits per heavy atom. The first-order chi connectivity index (χ1) is 13.7. The largest absolute Gasteiger partial charge is 0.489 e. The average Bonchev–Trinajstić information content (AvgIpc) is 2.71. The first-order valence-corrected chi connectivity index (χ1v) is 10.2. The number of rotatable bonds is 6. The van der Waals surface area contributed by atoms with Crippen LogP contribution in [0.25, 0.3) is 10.8 Å². The van der Waals surface area contributed by atoms with E-state index >= 15 is 0 Å². The molecule has 0 aliphatic rings. The minimum atomic E-state index is 0.476. The molecule has 140 valence electrons. The molecule has 0 heterocycles. The van der Waals surface area contributed by atoms with Gasteiger partial charge in [0.05, 0.1) is 0 Å². The molecule has 4 rings (SSSR count). The Labute approximate surface area is 178 Å². The van der Waals surface area contributed by atoms with E-state index in [9.17, 15) is 0 Å². The second-order valence-corrected chi connectivity index (χ2v) is 7.90. The summed E-state index contributed by atoms with van der Waals surface area (Å²) in [5.41, 5.74) is 3.24. The first-order valence-electron chi connectivity index (χ1n) is 9.06. The molecule has 0 fully saturated rings. The van der Waals surface area contributed by atoms with Crippen molar-refractivity contribution in [2.24, 2.45) is 0 Å². The van der Waals surface area contributed by atoms with Crippen molar-refractivity contribution in [1.29, 1.82) is 0 Å². The summed E-state index contributed by atoms with van der Waals surface area (Å²) >= 11 is 9.64. The molecule has 0 unspecified atom stereocenters. The zero-order chi connectivity index (χ0) is 19.3. The van der Waals surface area contributed by atoms with Crippen LogP contribution in [0, 0.1) is 0 Å². The summed E-state index contributed by atoms with van der Waals surface area (Å²) in [6.45, 7) is 1.14. The lowest BCUT2D eigenvalue weighted by Gasteiger charge is -2.15. The molecule has 0 spiro atoms. The molecule has 0 bridgehead atoms. The van der Waals surface area contributed by atoms with Gasteiger partial charge >= 0.3 is 0 Å². The quantitative estimate of drug-likeness (QED) is 0.328. The highest BCUT2D eigenvalue weighted by atomic mass is 79.9. The molecule has 2 nitrogen and oxygen atoms in total. The minimum Gasteiger partial charge on any atom is -0.489 e. The number of fused-ring (bicyclic) bond motifs is 1. The molecule has 28 heavy (non-hydrogen) atoms. The summed E-state index contributed by atoms with van der Waals surface area (Å²) in [6.07, 6.45) is 0. The molecule has 0 aromatic heterocycles. The van der Waals surface area contributed by atoms with Crippen LogP contribution in [0.15, 0.2) is 89.4 Å². The SMILES string of the molecule is Clc1cccc(COc2ccc(Br)cc2CNc2cccc3ccccc23)c1. The highest BCUT2D eigenvalue weighted by Gasteiger charge is 2.07. The Morgan fingerprint density at radius 1 is 0.857 bits per heavy atom. The van der Waals surface area contributed by atoms with Gasteiger partial charge in [0, 0.05) is 32.7 Å². The number of anilines is 1. The van der Waals surface area contributed by atoms with Gasteiger partial charge in [0.2, 0.25) is 0 Å². The predicted octanol–water partition coefficient (Wildman–Crippen LogP) is 7.45. The number of hydrogen-bond donors (Lipinski definition) is 1. The molecule has 4 aromatic carbocycles. The van der Waals surface area contributed by atoms with E-state index in [0.29, 0.717) is 13.2 Å². The van der Waals surface area contributed by atoms with Crippen LogP contribution in [0.1, 0.15) is 11.1 Å². The first kappa shape index (κ1) is 18.9. The van der Waals surface area contributed by atoms with E-state index in [1.54, 1.807) is 0 Å². The maximum absolute atomic E-state index is 6.09. The predicted molar refractivity (Wildman–Crippen MR) is 121 cm³/mol. The number of ether oxygens (including phenoxy) is 1. The summed E-state index contributed by atoms with van der Waals surface area (Å²) in [6, 6.07) is 28.5. The summed E-state index contributed by atoms with van der Waals surface area (Å²) in [5, 5.41) is 6.71. The van der Waals surface area contributed by atoms with Gasteiger partial charge < -0.3 is 10.1 Å². The smallest absolute Gasteiger partial charge is 0.124 e. The maximum atomic E-state index is 6.09. The molecule has 4 heteroatoms. The van der Waals surface area contributed by atoms with Crippen LogP contribution in [0.5, 0.6) is 5.75 Å². The third-order valence-electron chi connectivity index (χ3n) is 4.56. The van der Waals surface area contributed by atoms with Crippen molar-refractivity contribution in [1.82, 2.24) is 0 Å². The molecule has 0 aliphatic carbocycles. The van der Waals surface area contributed by atoms with Crippen LogP contribution in [0.4, 0.5) is 5.69 Å².